The Bertz CT molecular complexity index is 1610. The number of nitrogens with zero attached hydrogens (tertiary/aromatic N) is 4. The van der Waals surface area contributed by atoms with Crippen molar-refractivity contribution in [3.63, 3.8) is 0 Å². The Morgan fingerprint density at radius 1 is 1.17 bits per heavy atom. The molecule has 9 rings (SSSR count). The number of hydrogen-bond donors (Lipinski definition) is 2. The average molecular weight is 587 g/mol. The molecular formula is C29H30F4N6O3. The number of pyridine rings is 1. The van der Waals surface area contributed by atoms with Gasteiger partial charge in [-0.05, 0) is 50.3 Å². The number of anilines is 2. The Morgan fingerprint density at radius 3 is 2.76 bits per heavy atom. The molecule has 0 spiro atoms. The number of fused-ring (bicyclic) bond motifs is 6. The lowest BCUT2D eigenvalue weighted by Gasteiger charge is -2.43. The van der Waals surface area contributed by atoms with Gasteiger partial charge < -0.3 is 30.2 Å². The highest BCUT2D eigenvalue weighted by Crippen LogP contribution is 2.50. The molecule has 5 fully saturated rings. The van der Waals surface area contributed by atoms with Gasteiger partial charge in [-0.2, -0.15) is 23.1 Å². The van der Waals surface area contributed by atoms with Crippen molar-refractivity contribution in [2.24, 2.45) is 5.41 Å². The molecule has 9 nitrogen and oxygen atoms in total. The minimum absolute atomic E-state index is 0.00916. The van der Waals surface area contributed by atoms with Crippen LogP contribution in [0.5, 0.6) is 11.9 Å². The van der Waals surface area contributed by atoms with Crippen LogP contribution in [0.2, 0.25) is 0 Å². The van der Waals surface area contributed by atoms with E-state index in [1.165, 1.54) is 13.0 Å². The highest BCUT2D eigenvalue weighted by Gasteiger charge is 2.52. The fourth-order valence-electron chi connectivity index (χ4n) is 7.61. The van der Waals surface area contributed by atoms with E-state index >= 15 is 4.39 Å². The first-order valence-electron chi connectivity index (χ1n) is 14.4. The van der Waals surface area contributed by atoms with Crippen molar-refractivity contribution in [1.29, 1.82) is 0 Å². The van der Waals surface area contributed by atoms with Gasteiger partial charge in [0.05, 0.1) is 31.5 Å². The van der Waals surface area contributed by atoms with E-state index in [0.717, 1.165) is 31.7 Å². The zero-order chi connectivity index (χ0) is 29.0. The van der Waals surface area contributed by atoms with Crippen LogP contribution >= 0.6 is 0 Å². The number of nitrogens with one attached hydrogen (secondary N) is 1. The summed E-state index contributed by atoms with van der Waals surface area (Å²) < 4.78 is 77.3. The number of aryl methyl sites for hydroxylation is 1. The molecule has 3 aromatic rings. The Labute approximate surface area is 238 Å². The number of halogens is 4. The first kappa shape index (κ1) is 26.2. The van der Waals surface area contributed by atoms with E-state index in [1.807, 2.05) is 0 Å². The molecular weight excluding hydrogens is 556 g/mol. The van der Waals surface area contributed by atoms with E-state index in [9.17, 15) is 13.2 Å². The first-order chi connectivity index (χ1) is 20.1. The van der Waals surface area contributed by atoms with Crippen LogP contribution < -0.4 is 25.4 Å². The highest BCUT2D eigenvalue weighted by molar-refractivity contribution is 5.97. The van der Waals surface area contributed by atoms with Gasteiger partial charge in [-0.15, -0.1) is 0 Å². The minimum Gasteiger partial charge on any atom is -0.477 e. The van der Waals surface area contributed by atoms with Crippen LogP contribution in [-0.4, -0.2) is 65.5 Å². The summed E-state index contributed by atoms with van der Waals surface area (Å²) in [5.41, 5.74) is 3.55. The van der Waals surface area contributed by atoms with Crippen molar-refractivity contribution in [2.45, 2.75) is 69.4 Å². The number of benzene rings is 1. The Hall–Kier alpha value is -3.45. The van der Waals surface area contributed by atoms with E-state index in [-0.39, 0.29) is 70.3 Å². The van der Waals surface area contributed by atoms with Crippen LogP contribution in [-0.2, 0) is 10.9 Å². The predicted octanol–water partition coefficient (Wildman–Crippen LogP) is 4.39. The summed E-state index contributed by atoms with van der Waals surface area (Å²) in [5, 5.41) is 3.89. The van der Waals surface area contributed by atoms with Gasteiger partial charge in [0.2, 0.25) is 5.88 Å². The van der Waals surface area contributed by atoms with Crippen molar-refractivity contribution in [1.82, 2.24) is 20.3 Å². The highest BCUT2D eigenvalue weighted by atomic mass is 19.4. The maximum atomic E-state index is 16.6. The molecule has 1 saturated carbocycles. The van der Waals surface area contributed by atoms with Crippen LogP contribution in [0.4, 0.5) is 29.1 Å². The number of rotatable bonds is 4. The standard InChI is InChI=1S/C29H30F4N6O3/c1-13-6-14(34)7-17(21(13)29(31,32)33)23-22(30)24-20-25(38-27(37-24)42-12-28-8-16(9-28)41-11-28)39-10-15-2-3-18(35-15)19(39)4-5-40-26(20)36-23/h6-7,15-16,18-19,35H,2-5,8-12,34H2,1H3/t15-,16?,18+,19-,28?/m1/s1. The molecule has 222 valence electrons. The van der Waals surface area contributed by atoms with E-state index in [2.05, 4.69) is 20.2 Å². The van der Waals surface area contributed by atoms with Gasteiger partial charge in [-0.3, -0.25) is 0 Å². The third-order valence-electron chi connectivity index (χ3n) is 9.55. The number of ether oxygens (including phenoxy) is 3. The third kappa shape index (κ3) is 3.99. The van der Waals surface area contributed by atoms with E-state index < -0.39 is 28.8 Å². The second-order valence-electron chi connectivity index (χ2n) is 12.4. The van der Waals surface area contributed by atoms with Crippen molar-refractivity contribution < 1.29 is 31.8 Å². The van der Waals surface area contributed by atoms with Crippen LogP contribution in [0.15, 0.2) is 12.1 Å². The summed E-state index contributed by atoms with van der Waals surface area (Å²) in [6, 6.07) is 2.77. The molecule has 2 aromatic heterocycles. The first-order valence-corrected chi connectivity index (χ1v) is 14.4. The molecule has 4 saturated heterocycles. The quantitative estimate of drug-likeness (QED) is 0.340. The average Bonchev–Trinajstić information content (AvgIpc) is 3.62. The molecule has 4 bridgehead atoms. The number of nitrogens with two attached hydrogens (primary N) is 1. The Balaban J connectivity index is 1.33. The normalized spacial score (nSPS) is 29.5. The lowest BCUT2D eigenvalue weighted by atomic mass is 9.71. The Kier molecular flexibility index (Phi) is 5.63. The number of alkyl halides is 3. The second-order valence-corrected chi connectivity index (χ2v) is 12.4. The molecule has 0 unspecified atom stereocenters. The summed E-state index contributed by atoms with van der Waals surface area (Å²) in [7, 11) is 0. The van der Waals surface area contributed by atoms with Crippen molar-refractivity contribution in [3.05, 3.63) is 29.1 Å². The summed E-state index contributed by atoms with van der Waals surface area (Å²) in [6.45, 7) is 3.07. The lowest BCUT2D eigenvalue weighted by Crippen LogP contribution is -2.59. The number of aromatic nitrogens is 3. The van der Waals surface area contributed by atoms with Crippen molar-refractivity contribution in [2.75, 3.05) is 37.0 Å². The van der Waals surface area contributed by atoms with Gasteiger partial charge in [0.15, 0.2) is 5.82 Å². The SMILES string of the molecule is Cc1cc(N)cc(-c2nc3c4c(nc(OCC56COC(C5)C6)nc4c2F)N2C[C@H]4CC[C@H](N4)[C@H]2CCO3)c1C(F)(F)F. The molecule has 42 heavy (non-hydrogen) atoms. The van der Waals surface area contributed by atoms with E-state index in [0.29, 0.717) is 32.0 Å². The number of nitrogen functional groups attached to an aromatic ring is 1. The van der Waals surface area contributed by atoms with Crippen molar-refractivity contribution in [3.8, 4) is 23.1 Å². The predicted molar refractivity (Wildman–Crippen MR) is 145 cm³/mol. The summed E-state index contributed by atoms with van der Waals surface area (Å²) >= 11 is 0. The molecule has 13 heteroatoms. The van der Waals surface area contributed by atoms with Gasteiger partial charge in [-0.1, -0.05) is 0 Å². The van der Waals surface area contributed by atoms with Gasteiger partial charge in [0.1, 0.15) is 22.4 Å². The van der Waals surface area contributed by atoms with Gasteiger partial charge in [0, 0.05) is 47.8 Å². The molecule has 0 radical (unpaired) electrons. The molecule has 5 aliphatic heterocycles. The topological polar surface area (TPSA) is 108 Å². The van der Waals surface area contributed by atoms with Crippen LogP contribution in [0.1, 0.15) is 43.2 Å². The second kappa shape index (κ2) is 9.03. The molecule has 7 heterocycles. The third-order valence-corrected chi connectivity index (χ3v) is 9.55. The van der Waals surface area contributed by atoms with Crippen LogP contribution in [0.25, 0.3) is 22.2 Å². The van der Waals surface area contributed by atoms with Crippen LogP contribution in [0, 0.1) is 18.2 Å². The Morgan fingerprint density at radius 2 is 2.00 bits per heavy atom. The van der Waals surface area contributed by atoms with Crippen molar-refractivity contribution >= 4 is 22.4 Å². The van der Waals surface area contributed by atoms with E-state index in [1.54, 1.807) is 0 Å². The maximum Gasteiger partial charge on any atom is 0.417 e. The smallest absolute Gasteiger partial charge is 0.417 e. The monoisotopic (exact) mass is 586 g/mol. The van der Waals surface area contributed by atoms with Gasteiger partial charge in [-0.25, -0.2) is 9.37 Å². The molecule has 6 aliphatic rings. The zero-order valence-electron chi connectivity index (χ0n) is 22.9. The fraction of sp³-hybridized carbons (Fsp3) is 0.552. The van der Waals surface area contributed by atoms with E-state index in [4.69, 9.17) is 24.9 Å². The molecule has 1 aliphatic carbocycles. The van der Waals surface area contributed by atoms with Crippen LogP contribution in [0.3, 0.4) is 0 Å². The largest absolute Gasteiger partial charge is 0.477 e. The van der Waals surface area contributed by atoms with Gasteiger partial charge >= 0.3 is 12.2 Å². The lowest BCUT2D eigenvalue weighted by molar-refractivity contribution is -0.137. The zero-order valence-corrected chi connectivity index (χ0v) is 22.9. The summed E-state index contributed by atoms with van der Waals surface area (Å²) in [4.78, 5) is 15.8. The minimum atomic E-state index is -4.77. The molecule has 0 amide bonds. The summed E-state index contributed by atoms with van der Waals surface area (Å²) in [6.07, 6.45) is -0.129. The number of hydrogen-bond acceptors (Lipinski definition) is 9. The molecule has 3 N–H and O–H groups in total. The number of piperazine rings is 1. The summed E-state index contributed by atoms with van der Waals surface area (Å²) in [5.74, 6) is -0.592. The molecule has 3 atom stereocenters. The molecule has 1 aromatic carbocycles. The maximum absolute atomic E-state index is 16.6. The fourth-order valence-corrected chi connectivity index (χ4v) is 7.61. The van der Waals surface area contributed by atoms with Gasteiger partial charge in [0.25, 0.3) is 0 Å².